The summed E-state index contributed by atoms with van der Waals surface area (Å²) in [5.74, 6) is -0.412. The van der Waals surface area contributed by atoms with Crippen molar-refractivity contribution in [2.45, 2.75) is 69.2 Å². The standard InChI is InChI=1S/C24H31NO5S/c1-18-12-15-21(16-13-18)31(27,28)25-22(10-7-11-24(25)29-3)23(30-19(2)26)17-14-20-8-5-4-6-9-20/h4-6,8-9,12-13,15-16,22-24H,7,10-11,14,17H2,1-3H3/t22-,23?,24-/m0/s1. The molecule has 0 aliphatic carbocycles. The number of rotatable bonds is 8. The van der Waals surface area contributed by atoms with E-state index in [0.717, 1.165) is 17.5 Å². The minimum Gasteiger partial charge on any atom is -0.461 e. The molecule has 0 spiro atoms. The SMILES string of the molecule is CO[C@H]1CCC[C@@H](C(CCc2ccccc2)OC(C)=O)N1S(=O)(=O)c1ccc(C)cc1. The van der Waals surface area contributed by atoms with Gasteiger partial charge in [0, 0.05) is 14.0 Å². The second kappa shape index (κ2) is 10.4. The number of methoxy groups -OCH3 is 1. The molecule has 0 saturated carbocycles. The van der Waals surface area contributed by atoms with Gasteiger partial charge in [0.1, 0.15) is 12.3 Å². The van der Waals surface area contributed by atoms with E-state index in [0.29, 0.717) is 25.7 Å². The molecule has 0 N–H and O–H groups in total. The predicted octanol–water partition coefficient (Wildman–Crippen LogP) is 4.08. The average Bonchev–Trinajstić information content (AvgIpc) is 2.76. The molecule has 1 fully saturated rings. The zero-order chi connectivity index (χ0) is 22.4. The van der Waals surface area contributed by atoms with Gasteiger partial charge < -0.3 is 9.47 Å². The van der Waals surface area contributed by atoms with Crippen molar-refractivity contribution < 1.29 is 22.7 Å². The molecule has 1 aliphatic heterocycles. The van der Waals surface area contributed by atoms with E-state index in [1.165, 1.54) is 18.3 Å². The van der Waals surface area contributed by atoms with Crippen molar-refractivity contribution in [3.8, 4) is 0 Å². The lowest BCUT2D eigenvalue weighted by atomic mass is 9.94. The quantitative estimate of drug-likeness (QED) is 0.573. The van der Waals surface area contributed by atoms with Crippen molar-refractivity contribution in [2.75, 3.05) is 7.11 Å². The number of nitrogens with zero attached hydrogens (tertiary/aromatic N) is 1. The lowest BCUT2D eigenvalue weighted by Gasteiger charge is -2.43. The Morgan fingerprint density at radius 2 is 1.77 bits per heavy atom. The minimum atomic E-state index is -3.84. The lowest BCUT2D eigenvalue weighted by molar-refractivity contribution is -0.153. The van der Waals surface area contributed by atoms with Crippen LogP contribution in [0.4, 0.5) is 0 Å². The fraction of sp³-hybridized carbons (Fsp3) is 0.458. The largest absolute Gasteiger partial charge is 0.461 e. The summed E-state index contributed by atoms with van der Waals surface area (Å²) in [4.78, 5) is 12.1. The third kappa shape index (κ3) is 5.73. The maximum absolute atomic E-state index is 13.6. The third-order valence-corrected chi connectivity index (χ3v) is 7.67. The molecule has 7 heteroatoms. The van der Waals surface area contributed by atoms with E-state index in [1.54, 1.807) is 24.3 Å². The Balaban J connectivity index is 1.94. The van der Waals surface area contributed by atoms with E-state index < -0.39 is 34.4 Å². The van der Waals surface area contributed by atoms with Crippen molar-refractivity contribution in [2.24, 2.45) is 0 Å². The molecule has 0 aromatic heterocycles. The Morgan fingerprint density at radius 3 is 2.39 bits per heavy atom. The zero-order valence-corrected chi connectivity index (χ0v) is 19.2. The van der Waals surface area contributed by atoms with Crippen molar-refractivity contribution in [3.63, 3.8) is 0 Å². The molecule has 2 aromatic carbocycles. The van der Waals surface area contributed by atoms with Crippen LogP contribution in [0.5, 0.6) is 0 Å². The normalized spacial score (nSPS) is 20.9. The van der Waals surface area contributed by atoms with Crippen LogP contribution >= 0.6 is 0 Å². The fourth-order valence-electron chi connectivity index (χ4n) is 4.20. The Morgan fingerprint density at radius 1 is 1.10 bits per heavy atom. The number of hydrogen-bond acceptors (Lipinski definition) is 5. The van der Waals surface area contributed by atoms with Crippen LogP contribution in [0.15, 0.2) is 59.5 Å². The van der Waals surface area contributed by atoms with Gasteiger partial charge in [0.25, 0.3) is 0 Å². The van der Waals surface area contributed by atoms with Gasteiger partial charge in [-0.25, -0.2) is 8.42 Å². The average molecular weight is 446 g/mol. The molecular formula is C24H31NO5S. The number of piperidine rings is 1. The van der Waals surface area contributed by atoms with Gasteiger partial charge in [-0.3, -0.25) is 4.79 Å². The van der Waals surface area contributed by atoms with Gasteiger partial charge in [-0.15, -0.1) is 0 Å². The van der Waals surface area contributed by atoms with E-state index in [-0.39, 0.29) is 4.90 Å². The number of carbonyl (C=O) groups excluding carboxylic acids is 1. The second-order valence-corrected chi connectivity index (χ2v) is 9.85. The first kappa shape index (κ1) is 23.4. The van der Waals surface area contributed by atoms with Gasteiger partial charge in [-0.2, -0.15) is 4.31 Å². The Hall–Kier alpha value is -2.22. The molecular weight excluding hydrogens is 414 g/mol. The first-order chi connectivity index (χ1) is 14.8. The molecule has 0 radical (unpaired) electrons. The fourth-order valence-corrected chi connectivity index (χ4v) is 6.02. The van der Waals surface area contributed by atoms with Crippen molar-refractivity contribution in [3.05, 3.63) is 65.7 Å². The van der Waals surface area contributed by atoms with Crippen LogP contribution in [0, 0.1) is 6.92 Å². The topological polar surface area (TPSA) is 72.9 Å². The van der Waals surface area contributed by atoms with Crippen LogP contribution < -0.4 is 0 Å². The van der Waals surface area contributed by atoms with Crippen LogP contribution in [0.1, 0.15) is 43.7 Å². The van der Waals surface area contributed by atoms with Crippen molar-refractivity contribution in [1.82, 2.24) is 4.31 Å². The number of esters is 1. The summed E-state index contributed by atoms with van der Waals surface area (Å²) in [7, 11) is -2.31. The zero-order valence-electron chi connectivity index (χ0n) is 18.4. The van der Waals surface area contributed by atoms with Crippen LogP contribution in [0.2, 0.25) is 0 Å². The molecule has 1 aliphatic rings. The van der Waals surface area contributed by atoms with E-state index in [9.17, 15) is 13.2 Å². The summed E-state index contributed by atoms with van der Waals surface area (Å²) in [6, 6.07) is 16.2. The van der Waals surface area contributed by atoms with Crippen LogP contribution in [-0.4, -0.2) is 44.2 Å². The smallest absolute Gasteiger partial charge is 0.302 e. The van der Waals surface area contributed by atoms with Gasteiger partial charge in [0.05, 0.1) is 10.9 Å². The monoisotopic (exact) mass is 445 g/mol. The van der Waals surface area contributed by atoms with Gasteiger partial charge in [0.15, 0.2) is 0 Å². The number of aryl methyl sites for hydroxylation is 2. The molecule has 3 rings (SSSR count). The van der Waals surface area contributed by atoms with Gasteiger partial charge in [-0.1, -0.05) is 48.0 Å². The Kier molecular flexibility index (Phi) is 7.86. The molecule has 31 heavy (non-hydrogen) atoms. The van der Waals surface area contributed by atoms with Crippen molar-refractivity contribution in [1.29, 1.82) is 0 Å². The highest BCUT2D eigenvalue weighted by atomic mass is 32.2. The highest BCUT2D eigenvalue weighted by Crippen LogP contribution is 2.34. The molecule has 3 atom stereocenters. The Bertz CT molecular complexity index is 959. The third-order valence-electron chi connectivity index (χ3n) is 5.74. The van der Waals surface area contributed by atoms with E-state index in [4.69, 9.17) is 9.47 Å². The number of benzene rings is 2. The molecule has 0 amide bonds. The molecule has 1 heterocycles. The minimum absolute atomic E-state index is 0.219. The number of sulfonamides is 1. The Labute approximate surface area is 185 Å². The molecule has 6 nitrogen and oxygen atoms in total. The van der Waals surface area contributed by atoms with Gasteiger partial charge >= 0.3 is 5.97 Å². The predicted molar refractivity (Wildman–Crippen MR) is 119 cm³/mol. The van der Waals surface area contributed by atoms with Crippen LogP contribution in [0.25, 0.3) is 0 Å². The van der Waals surface area contributed by atoms with E-state index >= 15 is 0 Å². The molecule has 2 aromatic rings. The van der Waals surface area contributed by atoms with E-state index in [1.807, 2.05) is 37.3 Å². The van der Waals surface area contributed by atoms with E-state index in [2.05, 4.69) is 0 Å². The summed E-state index contributed by atoms with van der Waals surface area (Å²) >= 11 is 0. The summed E-state index contributed by atoms with van der Waals surface area (Å²) < 4.78 is 40.0. The molecule has 0 bridgehead atoms. The first-order valence-electron chi connectivity index (χ1n) is 10.7. The number of hydrogen-bond donors (Lipinski definition) is 0. The molecule has 1 unspecified atom stereocenters. The number of ether oxygens (including phenoxy) is 2. The summed E-state index contributed by atoms with van der Waals surface area (Å²) in [5.41, 5.74) is 2.10. The summed E-state index contributed by atoms with van der Waals surface area (Å²) in [6.45, 7) is 3.28. The molecule has 1 saturated heterocycles. The second-order valence-electron chi connectivity index (χ2n) is 8.01. The summed E-state index contributed by atoms with van der Waals surface area (Å²) in [6.07, 6.45) is 2.07. The van der Waals surface area contributed by atoms with Crippen LogP contribution in [-0.2, 0) is 30.7 Å². The highest BCUT2D eigenvalue weighted by molar-refractivity contribution is 7.89. The summed E-state index contributed by atoms with van der Waals surface area (Å²) in [5, 5.41) is 0. The van der Waals surface area contributed by atoms with Gasteiger partial charge in [-0.05, 0) is 56.7 Å². The number of carbonyl (C=O) groups is 1. The maximum Gasteiger partial charge on any atom is 0.302 e. The molecule has 168 valence electrons. The maximum atomic E-state index is 13.6. The van der Waals surface area contributed by atoms with Gasteiger partial charge in [0.2, 0.25) is 10.0 Å². The highest BCUT2D eigenvalue weighted by Gasteiger charge is 2.44. The van der Waals surface area contributed by atoms with Crippen molar-refractivity contribution >= 4 is 16.0 Å². The first-order valence-corrected chi connectivity index (χ1v) is 12.1. The van der Waals surface area contributed by atoms with Crippen LogP contribution in [0.3, 0.4) is 0 Å². The lowest BCUT2D eigenvalue weighted by Crippen LogP contribution is -2.56.